The molecule has 25 heavy (non-hydrogen) atoms. The summed E-state index contributed by atoms with van der Waals surface area (Å²) >= 11 is 0. The van der Waals surface area contributed by atoms with E-state index >= 15 is 0 Å². The number of hydrogen-bond acceptors (Lipinski definition) is 4. The molecule has 0 aliphatic carbocycles. The van der Waals surface area contributed by atoms with E-state index in [1.165, 1.54) is 9.80 Å². The molecule has 2 amide bonds. The Balaban J connectivity index is 6.18. The van der Waals surface area contributed by atoms with Gasteiger partial charge < -0.3 is 14.5 Å². The van der Waals surface area contributed by atoms with Crippen LogP contribution in [-0.2, 0) is 19.1 Å². The number of amides is 2. The molecule has 0 saturated carbocycles. The van der Waals surface area contributed by atoms with Gasteiger partial charge in [0.25, 0.3) is 5.91 Å². The summed E-state index contributed by atoms with van der Waals surface area (Å²) in [6.45, 7) is 13.6. The number of carbonyl (C=O) groups excluding carboxylic acids is 3. The highest BCUT2D eigenvalue weighted by Gasteiger charge is 2.19. The maximum Gasteiger partial charge on any atom is 0.332 e. The van der Waals surface area contributed by atoms with Crippen molar-refractivity contribution in [2.45, 2.75) is 54.1 Å². The van der Waals surface area contributed by atoms with E-state index < -0.39 is 35.5 Å². The summed E-state index contributed by atoms with van der Waals surface area (Å²) in [6, 6.07) is -1.12. The van der Waals surface area contributed by atoms with Crippen LogP contribution < -0.4 is 0 Å². The summed E-state index contributed by atoms with van der Waals surface area (Å²) in [6.07, 6.45) is 0.994. The van der Waals surface area contributed by atoms with Gasteiger partial charge in [-0.05, 0) is 54.5 Å². The van der Waals surface area contributed by atoms with Crippen molar-refractivity contribution in [3.05, 3.63) is 23.8 Å². The molecule has 6 heteroatoms. The van der Waals surface area contributed by atoms with Crippen LogP contribution in [-0.4, -0.2) is 59.4 Å². The Bertz CT molecular complexity index is 614. The number of likely N-dealkylation sites (N-methyl/N-ethyl adjacent to an activating group) is 2. The third kappa shape index (κ3) is 8.52. The van der Waals surface area contributed by atoms with E-state index in [-0.39, 0.29) is 5.57 Å². The molecule has 0 fully saturated rings. The fraction of sp³-hybridized carbons (Fsp3) is 0.632. The Morgan fingerprint density at radius 1 is 0.960 bits per heavy atom. The van der Waals surface area contributed by atoms with E-state index in [1.807, 2.05) is 0 Å². The zero-order valence-corrected chi connectivity index (χ0v) is 16.4. The first-order chi connectivity index (χ1) is 12.4. The van der Waals surface area contributed by atoms with Gasteiger partial charge in [0, 0.05) is 43.9 Å². The van der Waals surface area contributed by atoms with Gasteiger partial charge in [-0.3, -0.25) is 9.59 Å². The number of ether oxygens (including phenoxy) is 1. The molecule has 6 nitrogen and oxygen atoms in total. The van der Waals surface area contributed by atoms with Gasteiger partial charge in [0.1, 0.15) is 5.60 Å². The van der Waals surface area contributed by atoms with E-state index in [1.54, 1.807) is 48.5 Å². The summed E-state index contributed by atoms with van der Waals surface area (Å²) < 4.78 is 21.3. The van der Waals surface area contributed by atoms with Crippen LogP contribution in [0.1, 0.15) is 51.2 Å². The lowest BCUT2D eigenvalue weighted by Gasteiger charge is -2.21. The minimum absolute atomic E-state index is 0.321. The predicted octanol–water partition coefficient (Wildman–Crippen LogP) is 2.55. The molecule has 0 aliphatic rings. The molecule has 0 rings (SSSR count). The van der Waals surface area contributed by atoms with Gasteiger partial charge in [-0.25, -0.2) is 4.79 Å². The van der Waals surface area contributed by atoms with Crippen molar-refractivity contribution >= 4 is 17.8 Å². The summed E-state index contributed by atoms with van der Waals surface area (Å²) in [4.78, 5) is 40.2. The van der Waals surface area contributed by atoms with Crippen LogP contribution in [0.5, 0.6) is 0 Å². The van der Waals surface area contributed by atoms with Crippen LogP contribution in [0.25, 0.3) is 0 Å². The van der Waals surface area contributed by atoms with Crippen LogP contribution in [0.15, 0.2) is 23.8 Å². The van der Waals surface area contributed by atoms with Crippen LogP contribution >= 0.6 is 0 Å². The topological polar surface area (TPSA) is 66.9 Å². The van der Waals surface area contributed by atoms with Crippen LogP contribution in [0.3, 0.4) is 0 Å². The molecule has 0 aromatic heterocycles. The van der Waals surface area contributed by atoms with Crippen molar-refractivity contribution in [3.63, 3.8) is 0 Å². The highest BCUT2D eigenvalue weighted by atomic mass is 16.6. The number of rotatable bonds is 8. The summed E-state index contributed by atoms with van der Waals surface area (Å²) in [7, 11) is 0. The van der Waals surface area contributed by atoms with E-state index in [4.69, 9.17) is 7.48 Å². The molecule has 0 saturated heterocycles. The Kier molecular flexibility index (Phi) is 8.22. The first-order valence-electron chi connectivity index (χ1n) is 9.64. The first-order valence-corrected chi connectivity index (χ1v) is 8.64. The van der Waals surface area contributed by atoms with Crippen molar-refractivity contribution in [2.75, 3.05) is 26.2 Å². The van der Waals surface area contributed by atoms with Gasteiger partial charge in [-0.15, -0.1) is 0 Å². The van der Waals surface area contributed by atoms with Crippen molar-refractivity contribution in [3.8, 4) is 0 Å². The second kappa shape index (κ2) is 10.7. The quantitative estimate of drug-likeness (QED) is 0.382. The van der Waals surface area contributed by atoms with Crippen molar-refractivity contribution in [2.24, 2.45) is 0 Å². The molecule has 0 aromatic rings. The molecule has 0 heterocycles. The molecule has 0 aliphatic heterocycles. The predicted molar refractivity (Wildman–Crippen MR) is 98.9 cm³/mol. The zero-order chi connectivity index (χ0) is 21.4. The van der Waals surface area contributed by atoms with Crippen molar-refractivity contribution in [1.82, 2.24) is 9.80 Å². The van der Waals surface area contributed by atoms with Crippen molar-refractivity contribution in [1.29, 1.82) is 0 Å². The second-order valence-corrected chi connectivity index (χ2v) is 6.28. The highest BCUT2D eigenvalue weighted by Crippen LogP contribution is 2.11. The third-order valence-electron chi connectivity index (χ3n) is 3.31. The lowest BCUT2D eigenvalue weighted by molar-refractivity contribution is -0.148. The van der Waals surface area contributed by atoms with E-state index in [2.05, 4.69) is 0 Å². The zero-order valence-electron chi connectivity index (χ0n) is 18.4. The van der Waals surface area contributed by atoms with Gasteiger partial charge in [-0.1, -0.05) is 0 Å². The summed E-state index contributed by atoms with van der Waals surface area (Å²) in [5.74, 6) is -2.13. The SMILES string of the molecule is [2H]/C(C(=O)OC(C)(C)C)=C(\C=C(/[2H])C(=O)N(CC)CC)C(=O)N(CC)CC. The fourth-order valence-corrected chi connectivity index (χ4v) is 1.98. The fourth-order valence-electron chi connectivity index (χ4n) is 1.98. The molecule has 0 radical (unpaired) electrons. The largest absolute Gasteiger partial charge is 0.457 e. The van der Waals surface area contributed by atoms with Gasteiger partial charge in [0.2, 0.25) is 5.91 Å². The first kappa shape index (κ1) is 19.2. The molecule has 0 N–H and O–H groups in total. The average molecular weight is 354 g/mol. The van der Waals surface area contributed by atoms with E-state index in [0.717, 1.165) is 6.08 Å². The molecular formula is C19H32N2O4. The Morgan fingerprint density at radius 3 is 1.84 bits per heavy atom. The van der Waals surface area contributed by atoms with Gasteiger partial charge in [0.05, 0.1) is 2.74 Å². The number of nitrogens with zero attached hydrogens (tertiary/aromatic N) is 2. The molecule has 0 unspecified atom stereocenters. The maximum atomic E-state index is 12.8. The van der Waals surface area contributed by atoms with E-state index in [9.17, 15) is 14.4 Å². The second-order valence-electron chi connectivity index (χ2n) is 6.28. The molecular weight excluding hydrogens is 320 g/mol. The van der Waals surface area contributed by atoms with Crippen LogP contribution in [0.2, 0.25) is 0 Å². The minimum atomic E-state index is -0.975. The standard InChI is InChI=1S/C19H32N2O4/c1-8-20(9-2)16(22)13-12-15(18(24)21(10-3)11-4)14-17(23)25-19(5,6)7/h12-14H,8-11H2,1-7H3/b13-12+,15-14-/i13D,14D. The molecule has 0 bridgehead atoms. The summed E-state index contributed by atoms with van der Waals surface area (Å²) in [5.41, 5.74) is -1.16. The third-order valence-corrected chi connectivity index (χ3v) is 3.31. The van der Waals surface area contributed by atoms with E-state index in [0.29, 0.717) is 26.2 Å². The molecule has 0 atom stereocenters. The lowest BCUT2D eigenvalue weighted by atomic mass is 10.1. The normalized spacial score (nSPS) is 14.1. The lowest BCUT2D eigenvalue weighted by Crippen LogP contribution is -2.32. The van der Waals surface area contributed by atoms with Gasteiger partial charge >= 0.3 is 5.97 Å². The highest BCUT2D eigenvalue weighted by molar-refractivity contribution is 6.03. The van der Waals surface area contributed by atoms with Gasteiger partial charge in [0.15, 0.2) is 0 Å². The molecule has 0 aromatic carbocycles. The summed E-state index contributed by atoms with van der Waals surface area (Å²) in [5, 5.41) is 0. The number of esters is 1. The Morgan fingerprint density at radius 2 is 1.44 bits per heavy atom. The maximum absolute atomic E-state index is 12.8. The molecule has 142 valence electrons. The smallest absolute Gasteiger partial charge is 0.332 e. The average Bonchev–Trinajstić information content (AvgIpc) is 2.59. The molecule has 0 spiro atoms. The number of carbonyl (C=O) groups is 3. The van der Waals surface area contributed by atoms with Gasteiger partial charge in [-0.2, -0.15) is 0 Å². The monoisotopic (exact) mass is 354 g/mol. The Hall–Kier alpha value is -2.11. The van der Waals surface area contributed by atoms with Crippen LogP contribution in [0.4, 0.5) is 0 Å². The number of hydrogen-bond donors (Lipinski definition) is 0. The Labute approximate surface area is 154 Å². The minimum Gasteiger partial charge on any atom is -0.457 e. The van der Waals surface area contributed by atoms with Crippen molar-refractivity contribution < 1.29 is 21.9 Å². The van der Waals surface area contributed by atoms with Crippen LogP contribution in [0, 0.1) is 0 Å².